The number of ether oxygens (including phenoxy) is 1. The van der Waals surface area contributed by atoms with Crippen LogP contribution in [-0.4, -0.2) is 38.0 Å². The first-order valence-corrected chi connectivity index (χ1v) is 5.54. The number of aliphatic hydroxyl groups is 1. The lowest BCUT2D eigenvalue weighted by Crippen LogP contribution is -2.29. The Hall–Kier alpha value is -0.120. The van der Waals surface area contributed by atoms with E-state index >= 15 is 0 Å². The second-order valence-electron chi connectivity index (χ2n) is 4.18. The first kappa shape index (κ1) is 13.9. The summed E-state index contributed by atoms with van der Waals surface area (Å²) >= 11 is 0. The van der Waals surface area contributed by atoms with Crippen LogP contribution >= 0.6 is 0 Å². The first-order valence-electron chi connectivity index (χ1n) is 5.54. The Balaban J connectivity index is 3.15. The molecule has 0 heterocycles. The average Bonchev–Trinajstić information content (AvgIpc) is 2.12. The molecule has 1 atom stereocenters. The van der Waals surface area contributed by atoms with Crippen molar-refractivity contribution < 1.29 is 9.84 Å². The average molecular weight is 203 g/mol. The third-order valence-electron chi connectivity index (χ3n) is 2.18. The minimum atomic E-state index is -0.203. The molecule has 14 heavy (non-hydrogen) atoms. The van der Waals surface area contributed by atoms with Crippen molar-refractivity contribution in [2.24, 2.45) is 5.92 Å². The van der Waals surface area contributed by atoms with Gasteiger partial charge in [0.2, 0.25) is 0 Å². The largest absolute Gasteiger partial charge is 0.392 e. The van der Waals surface area contributed by atoms with E-state index in [2.05, 4.69) is 19.2 Å². The van der Waals surface area contributed by atoms with Crippen molar-refractivity contribution in [2.45, 2.75) is 39.2 Å². The number of hydrogen-bond donors (Lipinski definition) is 2. The van der Waals surface area contributed by atoms with Crippen LogP contribution in [0.4, 0.5) is 0 Å². The molecule has 3 nitrogen and oxygen atoms in total. The SMILES string of the molecule is COCCNCC(O)CCCC(C)C. The van der Waals surface area contributed by atoms with Gasteiger partial charge in [0.1, 0.15) is 0 Å². The fraction of sp³-hybridized carbons (Fsp3) is 1.00. The Morgan fingerprint density at radius 2 is 2.00 bits per heavy atom. The van der Waals surface area contributed by atoms with E-state index in [9.17, 15) is 5.11 Å². The lowest BCUT2D eigenvalue weighted by atomic mass is 10.0. The molecule has 2 N–H and O–H groups in total. The molecule has 0 saturated heterocycles. The van der Waals surface area contributed by atoms with Gasteiger partial charge in [0, 0.05) is 20.2 Å². The van der Waals surface area contributed by atoms with E-state index in [1.165, 1.54) is 6.42 Å². The van der Waals surface area contributed by atoms with Crippen molar-refractivity contribution in [3.63, 3.8) is 0 Å². The maximum Gasteiger partial charge on any atom is 0.0664 e. The van der Waals surface area contributed by atoms with Gasteiger partial charge >= 0.3 is 0 Å². The molecule has 0 aliphatic heterocycles. The molecule has 0 amide bonds. The van der Waals surface area contributed by atoms with Crippen LogP contribution in [0.2, 0.25) is 0 Å². The highest BCUT2D eigenvalue weighted by atomic mass is 16.5. The van der Waals surface area contributed by atoms with E-state index in [4.69, 9.17) is 4.74 Å². The number of rotatable bonds is 9. The number of nitrogens with one attached hydrogen (secondary N) is 1. The minimum Gasteiger partial charge on any atom is -0.392 e. The van der Waals surface area contributed by atoms with Crippen LogP contribution in [0, 0.1) is 5.92 Å². The zero-order valence-electron chi connectivity index (χ0n) is 9.75. The molecule has 0 aliphatic carbocycles. The quantitative estimate of drug-likeness (QED) is 0.557. The maximum absolute atomic E-state index is 9.56. The summed E-state index contributed by atoms with van der Waals surface area (Å²) in [5, 5.41) is 12.7. The molecule has 0 saturated carbocycles. The fourth-order valence-corrected chi connectivity index (χ4v) is 1.31. The van der Waals surface area contributed by atoms with Crippen LogP contribution in [0.15, 0.2) is 0 Å². The Bertz CT molecular complexity index is 118. The summed E-state index contributed by atoms with van der Waals surface area (Å²) in [5.74, 6) is 0.739. The molecule has 0 radical (unpaired) electrons. The van der Waals surface area contributed by atoms with Gasteiger partial charge in [-0.2, -0.15) is 0 Å². The van der Waals surface area contributed by atoms with Crippen molar-refractivity contribution in [3.8, 4) is 0 Å². The van der Waals surface area contributed by atoms with Crippen molar-refractivity contribution in [1.82, 2.24) is 5.32 Å². The Kier molecular flexibility index (Phi) is 9.35. The molecular formula is C11H25NO2. The van der Waals surface area contributed by atoms with Crippen molar-refractivity contribution in [3.05, 3.63) is 0 Å². The van der Waals surface area contributed by atoms with Crippen LogP contribution in [0.3, 0.4) is 0 Å². The van der Waals surface area contributed by atoms with Crippen LogP contribution in [-0.2, 0) is 4.74 Å². The molecule has 86 valence electrons. The molecule has 0 aliphatic rings. The Morgan fingerprint density at radius 1 is 1.29 bits per heavy atom. The van der Waals surface area contributed by atoms with E-state index in [-0.39, 0.29) is 6.10 Å². The molecule has 0 aromatic carbocycles. The second kappa shape index (κ2) is 9.44. The van der Waals surface area contributed by atoms with E-state index in [1.54, 1.807) is 7.11 Å². The highest BCUT2D eigenvalue weighted by molar-refractivity contribution is 4.60. The van der Waals surface area contributed by atoms with Crippen molar-refractivity contribution in [1.29, 1.82) is 0 Å². The molecule has 3 heteroatoms. The van der Waals surface area contributed by atoms with Gasteiger partial charge in [-0.15, -0.1) is 0 Å². The smallest absolute Gasteiger partial charge is 0.0664 e. The van der Waals surface area contributed by atoms with Gasteiger partial charge in [0.15, 0.2) is 0 Å². The molecule has 0 aromatic rings. The normalized spacial score (nSPS) is 13.5. The van der Waals surface area contributed by atoms with E-state index in [0.29, 0.717) is 13.2 Å². The van der Waals surface area contributed by atoms with Gasteiger partial charge < -0.3 is 15.2 Å². The number of methoxy groups -OCH3 is 1. The Labute approximate surface area is 87.8 Å². The highest BCUT2D eigenvalue weighted by Crippen LogP contribution is 2.07. The number of aliphatic hydroxyl groups excluding tert-OH is 1. The molecule has 0 rings (SSSR count). The lowest BCUT2D eigenvalue weighted by Gasteiger charge is -2.12. The summed E-state index contributed by atoms with van der Waals surface area (Å²) in [6, 6.07) is 0. The van der Waals surface area contributed by atoms with E-state index in [0.717, 1.165) is 25.3 Å². The summed E-state index contributed by atoms with van der Waals surface area (Å²) < 4.78 is 4.89. The molecule has 0 bridgehead atoms. The summed E-state index contributed by atoms with van der Waals surface area (Å²) in [5.41, 5.74) is 0. The lowest BCUT2D eigenvalue weighted by molar-refractivity contribution is 0.148. The summed E-state index contributed by atoms with van der Waals surface area (Å²) in [7, 11) is 1.68. The van der Waals surface area contributed by atoms with Crippen LogP contribution in [0.1, 0.15) is 33.1 Å². The van der Waals surface area contributed by atoms with E-state index < -0.39 is 0 Å². The summed E-state index contributed by atoms with van der Waals surface area (Å²) in [4.78, 5) is 0. The first-order chi connectivity index (χ1) is 6.66. The molecular weight excluding hydrogens is 178 g/mol. The third kappa shape index (κ3) is 9.96. The highest BCUT2D eigenvalue weighted by Gasteiger charge is 2.03. The zero-order chi connectivity index (χ0) is 10.8. The zero-order valence-corrected chi connectivity index (χ0v) is 9.75. The molecule has 0 spiro atoms. The van der Waals surface area contributed by atoms with Gasteiger partial charge in [-0.25, -0.2) is 0 Å². The Morgan fingerprint density at radius 3 is 2.57 bits per heavy atom. The third-order valence-corrected chi connectivity index (χ3v) is 2.18. The van der Waals surface area contributed by atoms with Gasteiger partial charge in [0.25, 0.3) is 0 Å². The molecule has 0 fully saturated rings. The van der Waals surface area contributed by atoms with E-state index in [1.807, 2.05) is 0 Å². The van der Waals surface area contributed by atoms with Crippen molar-refractivity contribution >= 4 is 0 Å². The monoisotopic (exact) mass is 203 g/mol. The standard InChI is InChI=1S/C11H25NO2/c1-10(2)5-4-6-11(13)9-12-7-8-14-3/h10-13H,4-9H2,1-3H3. The molecule has 0 aromatic heterocycles. The van der Waals surface area contributed by atoms with Gasteiger partial charge in [-0.1, -0.05) is 26.7 Å². The van der Waals surface area contributed by atoms with Crippen LogP contribution in [0.5, 0.6) is 0 Å². The topological polar surface area (TPSA) is 41.5 Å². The predicted octanol–water partition coefficient (Wildman–Crippen LogP) is 1.41. The second-order valence-corrected chi connectivity index (χ2v) is 4.18. The van der Waals surface area contributed by atoms with Gasteiger partial charge in [-0.3, -0.25) is 0 Å². The molecule has 1 unspecified atom stereocenters. The fourth-order valence-electron chi connectivity index (χ4n) is 1.31. The minimum absolute atomic E-state index is 0.203. The van der Waals surface area contributed by atoms with Crippen molar-refractivity contribution in [2.75, 3.05) is 26.8 Å². The van der Waals surface area contributed by atoms with Gasteiger partial charge in [-0.05, 0) is 12.3 Å². The maximum atomic E-state index is 9.56. The van der Waals surface area contributed by atoms with Crippen LogP contribution < -0.4 is 5.32 Å². The predicted molar refractivity (Wildman–Crippen MR) is 59.4 cm³/mol. The summed E-state index contributed by atoms with van der Waals surface area (Å²) in [6.45, 7) is 6.63. The number of hydrogen-bond acceptors (Lipinski definition) is 3. The van der Waals surface area contributed by atoms with Gasteiger partial charge in [0.05, 0.1) is 12.7 Å². The van der Waals surface area contributed by atoms with Crippen LogP contribution in [0.25, 0.3) is 0 Å². The summed E-state index contributed by atoms with van der Waals surface area (Å²) in [6.07, 6.45) is 3.02.